The van der Waals surface area contributed by atoms with Gasteiger partial charge in [0, 0.05) is 26.1 Å². The normalized spacial score (nSPS) is 7.57. The topological polar surface area (TPSA) is 84.6 Å². The molecular weight excluding hydrogens is 217 g/mol. The van der Waals surface area contributed by atoms with Gasteiger partial charge >= 0.3 is 94.6 Å². The van der Waals surface area contributed by atoms with Crippen LogP contribution >= 0.6 is 0 Å². The van der Waals surface area contributed by atoms with E-state index in [1.54, 1.807) is 0 Å². The summed E-state index contributed by atoms with van der Waals surface area (Å²) in [6, 6.07) is 0. The number of nitrogens with one attached hydrogen (secondary N) is 1. The summed E-state index contributed by atoms with van der Waals surface area (Å²) in [5, 5.41) is 8.34. The number of carbonyl (C=O) groups is 1. The maximum atomic E-state index is 10.6. The van der Waals surface area contributed by atoms with Gasteiger partial charge in [-0.25, -0.2) is 0 Å². The predicted octanol–water partition coefficient (Wildman–Crippen LogP) is -9.89. The number of carbonyl (C=O) groups excluding carboxylic acids is 1. The van der Waals surface area contributed by atoms with Crippen molar-refractivity contribution in [2.45, 2.75) is 12.8 Å². The minimum absolute atomic E-state index is 0. The molecule has 0 fully saturated rings. The van der Waals surface area contributed by atoms with Crippen molar-refractivity contribution in [2.24, 2.45) is 5.73 Å². The Morgan fingerprint density at radius 1 is 1.43 bits per heavy atom. The van der Waals surface area contributed by atoms with E-state index in [0.29, 0.717) is 19.5 Å². The number of hydrogen-bond acceptors (Lipinski definition) is 5. The van der Waals surface area contributed by atoms with E-state index in [-0.39, 0.29) is 112 Å². The van der Waals surface area contributed by atoms with Gasteiger partial charge < -0.3 is 20.0 Å². The fourth-order valence-electron chi connectivity index (χ4n) is 0.465. The molecule has 0 heterocycles. The zero-order valence-electron chi connectivity index (χ0n) is 12.4. The van der Waals surface area contributed by atoms with Gasteiger partial charge in [0.1, 0.15) is 0 Å². The first-order chi connectivity index (χ1) is 5.31. The molecule has 0 unspecified atom stereocenters. The van der Waals surface area contributed by atoms with Crippen molar-refractivity contribution in [1.29, 1.82) is 0 Å². The number of hydroxylamine groups is 1. The summed E-state index contributed by atoms with van der Waals surface area (Å²) in [7, 11) is 0. The first-order valence-corrected chi connectivity index (χ1v) is 3.54. The molecule has 0 aliphatic heterocycles. The SMILES string of the molecule is NCCNOC(=O)CCCO.[H-].[H-].[H-].[Na+].[Na+].[Na+]. The Kier molecular flexibility index (Phi) is 37.4. The molecule has 72 valence electrons. The predicted molar refractivity (Wildman–Crippen MR) is 42.8 cm³/mol. The molecule has 8 heteroatoms. The monoisotopic (exact) mass is 234 g/mol. The van der Waals surface area contributed by atoms with Crippen LogP contribution in [0.3, 0.4) is 0 Å². The third-order valence-corrected chi connectivity index (χ3v) is 0.971. The summed E-state index contributed by atoms with van der Waals surface area (Å²) >= 11 is 0. The maximum absolute atomic E-state index is 10.6. The molecule has 0 aliphatic rings. The molecule has 0 rings (SSSR count). The van der Waals surface area contributed by atoms with Crippen molar-refractivity contribution in [3.63, 3.8) is 0 Å². The van der Waals surface area contributed by atoms with E-state index in [1.807, 2.05) is 0 Å². The summed E-state index contributed by atoms with van der Waals surface area (Å²) in [6.45, 7) is 0.879. The molecular formula is C6H17N2Na3O3. The van der Waals surface area contributed by atoms with E-state index in [2.05, 4.69) is 10.3 Å². The van der Waals surface area contributed by atoms with Gasteiger partial charge in [0.25, 0.3) is 0 Å². The molecule has 0 aromatic rings. The fourth-order valence-corrected chi connectivity index (χ4v) is 0.465. The molecule has 0 saturated carbocycles. The van der Waals surface area contributed by atoms with Crippen LogP contribution in [0, 0.1) is 0 Å². The van der Waals surface area contributed by atoms with Crippen LogP contribution in [0.5, 0.6) is 0 Å². The molecule has 0 atom stereocenters. The van der Waals surface area contributed by atoms with E-state index in [4.69, 9.17) is 10.8 Å². The van der Waals surface area contributed by atoms with Crippen LogP contribution in [0.2, 0.25) is 0 Å². The molecule has 0 bridgehead atoms. The second kappa shape index (κ2) is 20.7. The summed E-state index contributed by atoms with van der Waals surface area (Å²) in [6.07, 6.45) is 0.664. The van der Waals surface area contributed by atoms with Crippen molar-refractivity contribution in [3.05, 3.63) is 0 Å². The molecule has 0 spiro atoms. The van der Waals surface area contributed by atoms with Gasteiger partial charge in [0.05, 0.1) is 0 Å². The van der Waals surface area contributed by atoms with E-state index in [0.717, 1.165) is 0 Å². The summed E-state index contributed by atoms with van der Waals surface area (Å²) in [4.78, 5) is 15.1. The number of nitrogens with two attached hydrogens (primary N) is 1. The smallest absolute Gasteiger partial charge is 1.00 e. The van der Waals surface area contributed by atoms with Gasteiger partial charge in [-0.05, 0) is 6.42 Å². The van der Waals surface area contributed by atoms with Gasteiger partial charge in [-0.1, -0.05) is 0 Å². The van der Waals surface area contributed by atoms with Crippen molar-refractivity contribution in [3.8, 4) is 0 Å². The Morgan fingerprint density at radius 3 is 2.43 bits per heavy atom. The van der Waals surface area contributed by atoms with Crippen LogP contribution in [0.4, 0.5) is 0 Å². The quantitative estimate of drug-likeness (QED) is 0.241. The Morgan fingerprint density at radius 2 is 2.00 bits per heavy atom. The molecule has 0 saturated heterocycles. The molecule has 0 aromatic carbocycles. The molecule has 0 aliphatic carbocycles. The van der Waals surface area contributed by atoms with Crippen molar-refractivity contribution in [1.82, 2.24) is 5.48 Å². The second-order valence-corrected chi connectivity index (χ2v) is 1.98. The average Bonchev–Trinajstić information content (AvgIpc) is 2.01. The Labute approximate surface area is 155 Å². The molecule has 4 N–H and O–H groups in total. The van der Waals surface area contributed by atoms with Gasteiger partial charge in [-0.2, -0.15) is 5.48 Å². The number of hydrogen-bond donors (Lipinski definition) is 3. The maximum Gasteiger partial charge on any atom is 1.00 e. The van der Waals surface area contributed by atoms with E-state index >= 15 is 0 Å². The Balaban J connectivity index is -0.0000000333. The first-order valence-electron chi connectivity index (χ1n) is 3.54. The van der Waals surface area contributed by atoms with Gasteiger partial charge in [-0.3, -0.25) is 4.79 Å². The van der Waals surface area contributed by atoms with Crippen molar-refractivity contribution in [2.75, 3.05) is 19.7 Å². The number of aliphatic hydroxyl groups is 1. The minimum Gasteiger partial charge on any atom is -1.00 e. The van der Waals surface area contributed by atoms with E-state index in [9.17, 15) is 4.79 Å². The van der Waals surface area contributed by atoms with Crippen LogP contribution in [0.25, 0.3) is 0 Å². The van der Waals surface area contributed by atoms with Gasteiger partial charge in [0.15, 0.2) is 0 Å². The second-order valence-electron chi connectivity index (χ2n) is 1.98. The molecule has 0 radical (unpaired) electrons. The Hall–Kier alpha value is 2.35. The first kappa shape index (κ1) is 25.3. The zero-order valence-corrected chi connectivity index (χ0v) is 15.4. The molecule has 14 heavy (non-hydrogen) atoms. The van der Waals surface area contributed by atoms with Gasteiger partial charge in [-0.15, -0.1) is 0 Å². The third kappa shape index (κ3) is 19.9. The van der Waals surface area contributed by atoms with Crippen molar-refractivity contribution < 1.29 is 108 Å². The molecule has 5 nitrogen and oxygen atoms in total. The average molecular weight is 234 g/mol. The third-order valence-electron chi connectivity index (χ3n) is 0.971. The summed E-state index contributed by atoms with van der Waals surface area (Å²) < 4.78 is 0. The standard InChI is InChI=1S/C6H14N2O3.3Na.3H/c7-3-4-8-11-6(10)2-1-5-9;;;;;;/h8-9H,1-5,7H2;;;;;;/q;3*+1;3*-1. The number of aliphatic hydroxyl groups excluding tert-OH is 1. The summed E-state index contributed by atoms with van der Waals surface area (Å²) in [5.74, 6) is -0.368. The van der Waals surface area contributed by atoms with E-state index < -0.39 is 0 Å². The summed E-state index contributed by atoms with van der Waals surface area (Å²) in [5.41, 5.74) is 7.51. The van der Waals surface area contributed by atoms with Crippen LogP contribution in [0.15, 0.2) is 0 Å². The molecule has 0 aromatic heterocycles. The van der Waals surface area contributed by atoms with E-state index in [1.165, 1.54) is 0 Å². The van der Waals surface area contributed by atoms with Crippen LogP contribution in [-0.2, 0) is 9.63 Å². The molecule has 0 amide bonds. The minimum atomic E-state index is -0.368. The van der Waals surface area contributed by atoms with Crippen LogP contribution in [-0.4, -0.2) is 30.8 Å². The Bertz CT molecular complexity index is 130. The van der Waals surface area contributed by atoms with Crippen molar-refractivity contribution >= 4 is 5.97 Å². The fraction of sp³-hybridized carbons (Fsp3) is 0.833. The van der Waals surface area contributed by atoms with Gasteiger partial charge in [0.2, 0.25) is 0 Å². The van der Waals surface area contributed by atoms with Crippen LogP contribution < -0.4 is 99.9 Å². The van der Waals surface area contributed by atoms with Crippen LogP contribution in [0.1, 0.15) is 17.1 Å². The number of rotatable bonds is 6. The zero-order chi connectivity index (χ0) is 8.53. The largest absolute Gasteiger partial charge is 1.00 e.